The normalized spacial score (nSPS) is 10.5. The molecule has 6 heteroatoms. The van der Waals surface area contributed by atoms with E-state index >= 15 is 0 Å². The number of para-hydroxylation sites is 1. The van der Waals surface area contributed by atoms with Crippen molar-refractivity contribution in [3.63, 3.8) is 0 Å². The number of nitrogens with one attached hydrogen (secondary N) is 1. The fourth-order valence-electron chi connectivity index (χ4n) is 2.86. The minimum Gasteiger partial charge on any atom is -0.449 e. The maximum atomic E-state index is 13.2. The Morgan fingerprint density at radius 3 is 2.31 bits per heavy atom. The van der Waals surface area contributed by atoms with Gasteiger partial charge in [-0.25, -0.2) is 9.36 Å². The summed E-state index contributed by atoms with van der Waals surface area (Å²) in [5.74, 6) is -0.711. The average molecular weight is 350 g/mol. The third-order valence-corrected chi connectivity index (χ3v) is 3.88. The molecule has 1 aromatic heterocycles. The highest BCUT2D eigenvalue weighted by Gasteiger charge is 2.28. The second-order valence-corrected chi connectivity index (χ2v) is 5.65. The van der Waals surface area contributed by atoms with E-state index in [1.807, 2.05) is 0 Å². The molecular weight excluding hydrogens is 332 g/mol. The van der Waals surface area contributed by atoms with Crippen molar-refractivity contribution in [3.8, 4) is 0 Å². The summed E-state index contributed by atoms with van der Waals surface area (Å²) in [5, 5.41) is 3.29. The largest absolute Gasteiger partial charge is 0.449 e. The van der Waals surface area contributed by atoms with Crippen molar-refractivity contribution in [3.05, 3.63) is 65.9 Å². The van der Waals surface area contributed by atoms with Crippen LogP contribution in [-0.4, -0.2) is 29.0 Å². The van der Waals surface area contributed by atoms with E-state index in [0.29, 0.717) is 22.2 Å². The van der Waals surface area contributed by atoms with Crippen LogP contribution in [0.3, 0.4) is 0 Å². The predicted molar refractivity (Wildman–Crippen MR) is 98.5 cm³/mol. The second-order valence-electron chi connectivity index (χ2n) is 5.65. The van der Waals surface area contributed by atoms with Crippen LogP contribution in [0.15, 0.2) is 54.6 Å². The summed E-state index contributed by atoms with van der Waals surface area (Å²) in [6.45, 7) is 3.21. The van der Waals surface area contributed by atoms with E-state index in [9.17, 15) is 14.4 Å². The Morgan fingerprint density at radius 1 is 1.00 bits per heavy atom. The van der Waals surface area contributed by atoms with Gasteiger partial charge < -0.3 is 10.1 Å². The first kappa shape index (κ1) is 17.4. The summed E-state index contributed by atoms with van der Waals surface area (Å²) in [7, 11) is 0. The first-order valence-electron chi connectivity index (χ1n) is 8.22. The smallest absolute Gasteiger partial charge is 0.419 e. The van der Waals surface area contributed by atoms with Crippen LogP contribution in [0.4, 0.5) is 10.5 Å². The number of carbonyl (C=O) groups is 3. The van der Waals surface area contributed by atoms with E-state index in [-0.39, 0.29) is 24.0 Å². The van der Waals surface area contributed by atoms with Gasteiger partial charge in [-0.3, -0.25) is 9.59 Å². The van der Waals surface area contributed by atoms with Crippen LogP contribution in [0.1, 0.15) is 29.9 Å². The molecule has 1 N–H and O–H groups in total. The number of ether oxygens (including phenoxy) is 1. The van der Waals surface area contributed by atoms with Gasteiger partial charge in [0.05, 0.1) is 17.8 Å². The third kappa shape index (κ3) is 3.09. The molecule has 6 nitrogen and oxygen atoms in total. The van der Waals surface area contributed by atoms with E-state index in [1.54, 1.807) is 61.5 Å². The fourth-order valence-corrected chi connectivity index (χ4v) is 2.86. The number of amides is 1. The van der Waals surface area contributed by atoms with E-state index in [4.69, 9.17) is 4.74 Å². The molecule has 0 aliphatic rings. The van der Waals surface area contributed by atoms with Crippen molar-refractivity contribution in [2.75, 3.05) is 11.9 Å². The Labute approximate surface area is 150 Å². The summed E-state index contributed by atoms with van der Waals surface area (Å²) in [4.78, 5) is 37.5. The molecule has 3 aromatic rings. The van der Waals surface area contributed by atoms with Crippen LogP contribution < -0.4 is 5.32 Å². The molecule has 2 aromatic carbocycles. The van der Waals surface area contributed by atoms with Gasteiger partial charge in [0.1, 0.15) is 5.69 Å². The molecule has 0 aliphatic heterocycles. The molecule has 1 amide bonds. The molecular formula is C20H18N2O4. The molecule has 0 radical (unpaired) electrons. The van der Waals surface area contributed by atoms with Gasteiger partial charge in [-0.15, -0.1) is 0 Å². The van der Waals surface area contributed by atoms with Crippen LogP contribution >= 0.6 is 0 Å². The maximum Gasteiger partial charge on any atom is 0.419 e. The minimum absolute atomic E-state index is 0.0750. The van der Waals surface area contributed by atoms with Crippen molar-refractivity contribution in [2.45, 2.75) is 13.8 Å². The Bertz CT molecular complexity index is 990. The predicted octanol–water partition coefficient (Wildman–Crippen LogP) is 3.84. The summed E-state index contributed by atoms with van der Waals surface area (Å²) in [5.41, 5.74) is 1.28. The Hall–Kier alpha value is -3.41. The van der Waals surface area contributed by atoms with Gasteiger partial charge in [-0.1, -0.05) is 48.5 Å². The zero-order chi connectivity index (χ0) is 18.7. The molecule has 0 spiro atoms. The zero-order valence-electron chi connectivity index (χ0n) is 14.5. The minimum atomic E-state index is -0.667. The number of fused-ring (bicyclic) bond motifs is 1. The van der Waals surface area contributed by atoms with Gasteiger partial charge in [0.2, 0.25) is 11.7 Å². The summed E-state index contributed by atoms with van der Waals surface area (Å²) < 4.78 is 6.36. The molecule has 26 heavy (non-hydrogen) atoms. The standard InChI is InChI=1S/C20H18N2O4/c1-3-26-20(25)22-16-12-8-7-11-15(16)17(21-13(2)23)18(22)19(24)14-9-5-4-6-10-14/h4-12H,3H2,1-2H3,(H,21,23). The lowest BCUT2D eigenvalue weighted by molar-refractivity contribution is -0.114. The molecule has 0 aliphatic carbocycles. The van der Waals surface area contributed by atoms with Crippen LogP contribution in [0.25, 0.3) is 10.9 Å². The van der Waals surface area contributed by atoms with Crippen molar-refractivity contribution < 1.29 is 19.1 Å². The molecule has 132 valence electrons. The molecule has 0 atom stereocenters. The number of hydrogen-bond acceptors (Lipinski definition) is 4. The fraction of sp³-hybridized carbons (Fsp3) is 0.150. The van der Waals surface area contributed by atoms with Gasteiger partial charge in [-0.2, -0.15) is 0 Å². The van der Waals surface area contributed by atoms with E-state index in [0.717, 1.165) is 0 Å². The Morgan fingerprint density at radius 2 is 1.65 bits per heavy atom. The molecule has 3 rings (SSSR count). The number of benzene rings is 2. The lowest BCUT2D eigenvalue weighted by atomic mass is 10.1. The molecule has 0 saturated carbocycles. The Kier molecular flexibility index (Phi) is 4.84. The highest BCUT2D eigenvalue weighted by atomic mass is 16.5. The SMILES string of the molecule is CCOC(=O)n1c(C(=O)c2ccccc2)c(NC(C)=O)c2ccccc21. The lowest BCUT2D eigenvalue weighted by Crippen LogP contribution is -2.21. The van der Waals surface area contributed by atoms with Gasteiger partial charge in [0, 0.05) is 17.9 Å². The monoisotopic (exact) mass is 350 g/mol. The third-order valence-electron chi connectivity index (χ3n) is 3.88. The van der Waals surface area contributed by atoms with Gasteiger partial charge >= 0.3 is 6.09 Å². The molecule has 0 saturated heterocycles. The number of rotatable bonds is 4. The average Bonchev–Trinajstić information content (AvgIpc) is 2.96. The highest BCUT2D eigenvalue weighted by molar-refractivity contribution is 6.20. The summed E-state index contributed by atoms with van der Waals surface area (Å²) >= 11 is 0. The van der Waals surface area contributed by atoms with Gasteiger partial charge in [0.15, 0.2) is 0 Å². The number of aromatic nitrogens is 1. The molecule has 0 bridgehead atoms. The number of hydrogen-bond donors (Lipinski definition) is 1. The number of anilines is 1. The van der Waals surface area contributed by atoms with Crippen molar-refractivity contribution in [2.24, 2.45) is 0 Å². The van der Waals surface area contributed by atoms with E-state index < -0.39 is 6.09 Å². The summed E-state index contributed by atoms with van der Waals surface area (Å²) in [6, 6.07) is 15.6. The van der Waals surface area contributed by atoms with Gasteiger partial charge in [0.25, 0.3) is 0 Å². The van der Waals surface area contributed by atoms with Crippen molar-refractivity contribution >= 4 is 34.4 Å². The molecule has 1 heterocycles. The quantitative estimate of drug-likeness (QED) is 0.725. The topological polar surface area (TPSA) is 77.4 Å². The number of carbonyl (C=O) groups excluding carboxylic acids is 3. The van der Waals surface area contributed by atoms with Gasteiger partial charge in [-0.05, 0) is 13.0 Å². The maximum absolute atomic E-state index is 13.2. The Balaban J connectivity index is 2.33. The first-order chi connectivity index (χ1) is 12.5. The van der Waals surface area contributed by atoms with Crippen molar-refractivity contribution in [1.82, 2.24) is 4.57 Å². The van der Waals surface area contributed by atoms with E-state index in [1.165, 1.54) is 11.5 Å². The van der Waals surface area contributed by atoms with E-state index in [2.05, 4.69) is 5.32 Å². The van der Waals surface area contributed by atoms with Crippen LogP contribution in [0, 0.1) is 0 Å². The van der Waals surface area contributed by atoms with Crippen LogP contribution in [0.2, 0.25) is 0 Å². The first-order valence-corrected chi connectivity index (χ1v) is 8.22. The lowest BCUT2D eigenvalue weighted by Gasteiger charge is -2.10. The zero-order valence-corrected chi connectivity index (χ0v) is 14.5. The van der Waals surface area contributed by atoms with Crippen LogP contribution in [-0.2, 0) is 9.53 Å². The van der Waals surface area contributed by atoms with Crippen LogP contribution in [0.5, 0.6) is 0 Å². The molecule has 0 fully saturated rings. The molecule has 0 unspecified atom stereocenters. The number of ketones is 1. The number of nitrogens with zero attached hydrogens (tertiary/aromatic N) is 1. The summed E-state index contributed by atoms with van der Waals surface area (Å²) in [6.07, 6.45) is -0.667. The van der Waals surface area contributed by atoms with Crippen molar-refractivity contribution in [1.29, 1.82) is 0 Å². The second kappa shape index (κ2) is 7.23. The highest BCUT2D eigenvalue weighted by Crippen LogP contribution is 2.33.